The Hall–Kier alpha value is -3.76. The van der Waals surface area contributed by atoms with E-state index in [1.807, 2.05) is 54.6 Å². The highest BCUT2D eigenvalue weighted by Gasteiger charge is 2.14. The Morgan fingerprint density at radius 3 is 2.53 bits per heavy atom. The molecular weight excluding hydrogens is 422 g/mol. The maximum atomic E-state index is 13.4. The Labute approximate surface area is 190 Å². The van der Waals surface area contributed by atoms with Crippen LogP contribution in [0.25, 0.3) is 10.9 Å². The molecule has 0 spiro atoms. The molecule has 4 aromatic rings. The molecule has 0 aliphatic carbocycles. The lowest BCUT2D eigenvalue weighted by Crippen LogP contribution is -2.24. The maximum Gasteiger partial charge on any atom is 0.262 e. The number of methoxy groups -OCH3 is 2. The van der Waals surface area contributed by atoms with Gasteiger partial charge in [0.1, 0.15) is 0 Å². The number of benzene rings is 3. The first-order chi connectivity index (χ1) is 15.6. The standard InChI is InChI=1S/C25H21N3O3S/c1-30-22-12-11-17(13-23(22)31-2)15-28-24(29)20-9-5-6-10-21(20)27-25(28)32-16-19-8-4-3-7-18(19)14-26/h3-13H,15-16H2,1-2H3. The molecule has 0 saturated carbocycles. The van der Waals surface area contributed by atoms with Gasteiger partial charge in [0, 0.05) is 5.75 Å². The molecule has 0 radical (unpaired) electrons. The summed E-state index contributed by atoms with van der Waals surface area (Å²) in [5, 5.41) is 10.5. The number of thioether (sulfide) groups is 1. The SMILES string of the molecule is COc1ccc(Cn2c(SCc3ccccc3C#N)nc3ccccc3c2=O)cc1OC. The van der Waals surface area contributed by atoms with Gasteiger partial charge in [0.25, 0.3) is 5.56 Å². The molecule has 0 atom stereocenters. The Bertz CT molecular complexity index is 1380. The zero-order chi connectivity index (χ0) is 22.5. The molecule has 4 rings (SSSR count). The number of aromatic nitrogens is 2. The minimum absolute atomic E-state index is 0.110. The summed E-state index contributed by atoms with van der Waals surface area (Å²) < 4.78 is 12.4. The molecule has 0 aliphatic heterocycles. The number of hydrogen-bond acceptors (Lipinski definition) is 6. The van der Waals surface area contributed by atoms with Crippen LogP contribution < -0.4 is 15.0 Å². The van der Waals surface area contributed by atoms with Gasteiger partial charge in [-0.1, -0.05) is 48.2 Å². The van der Waals surface area contributed by atoms with E-state index in [-0.39, 0.29) is 5.56 Å². The lowest BCUT2D eigenvalue weighted by molar-refractivity contribution is 0.354. The molecule has 32 heavy (non-hydrogen) atoms. The van der Waals surface area contributed by atoms with Gasteiger partial charge in [-0.2, -0.15) is 5.26 Å². The van der Waals surface area contributed by atoms with Crippen molar-refractivity contribution in [3.8, 4) is 17.6 Å². The predicted molar refractivity (Wildman–Crippen MR) is 125 cm³/mol. The zero-order valence-electron chi connectivity index (χ0n) is 17.7. The van der Waals surface area contributed by atoms with Crippen molar-refractivity contribution in [2.75, 3.05) is 14.2 Å². The first kappa shape index (κ1) is 21.5. The maximum absolute atomic E-state index is 13.4. The fourth-order valence-electron chi connectivity index (χ4n) is 3.46. The minimum atomic E-state index is -0.110. The lowest BCUT2D eigenvalue weighted by Gasteiger charge is -2.15. The summed E-state index contributed by atoms with van der Waals surface area (Å²) >= 11 is 1.44. The van der Waals surface area contributed by atoms with Gasteiger partial charge in [-0.05, 0) is 41.5 Å². The Kier molecular flexibility index (Phi) is 6.43. The summed E-state index contributed by atoms with van der Waals surface area (Å²) in [5.41, 5.74) is 2.95. The van der Waals surface area contributed by atoms with Crippen LogP contribution in [0.3, 0.4) is 0 Å². The van der Waals surface area contributed by atoms with Crippen LogP contribution in [-0.4, -0.2) is 23.8 Å². The van der Waals surface area contributed by atoms with Gasteiger partial charge >= 0.3 is 0 Å². The number of nitriles is 1. The van der Waals surface area contributed by atoms with E-state index in [0.29, 0.717) is 45.4 Å². The normalized spacial score (nSPS) is 10.7. The quantitative estimate of drug-likeness (QED) is 0.306. The first-order valence-electron chi connectivity index (χ1n) is 9.96. The molecule has 0 aliphatic rings. The number of hydrogen-bond donors (Lipinski definition) is 0. The van der Waals surface area contributed by atoms with Crippen LogP contribution in [-0.2, 0) is 12.3 Å². The van der Waals surface area contributed by atoms with Gasteiger partial charge in [-0.3, -0.25) is 9.36 Å². The first-order valence-corrected chi connectivity index (χ1v) is 10.9. The van der Waals surface area contributed by atoms with Gasteiger partial charge < -0.3 is 9.47 Å². The van der Waals surface area contributed by atoms with Crippen molar-refractivity contribution in [2.24, 2.45) is 0 Å². The zero-order valence-corrected chi connectivity index (χ0v) is 18.6. The van der Waals surface area contributed by atoms with E-state index in [1.165, 1.54) is 11.8 Å². The van der Waals surface area contributed by atoms with Gasteiger partial charge in [0.15, 0.2) is 16.7 Å². The monoisotopic (exact) mass is 443 g/mol. The highest BCUT2D eigenvalue weighted by atomic mass is 32.2. The van der Waals surface area contributed by atoms with Gasteiger partial charge in [0.05, 0.1) is 43.3 Å². The Balaban J connectivity index is 1.76. The molecule has 7 heteroatoms. The molecule has 6 nitrogen and oxygen atoms in total. The third-order valence-electron chi connectivity index (χ3n) is 5.11. The highest BCUT2D eigenvalue weighted by Crippen LogP contribution is 2.29. The molecular formula is C25H21N3O3S. The van der Waals surface area contributed by atoms with Crippen molar-refractivity contribution in [3.63, 3.8) is 0 Å². The van der Waals surface area contributed by atoms with Crippen LogP contribution in [0.2, 0.25) is 0 Å². The van der Waals surface area contributed by atoms with Crippen molar-refractivity contribution in [1.29, 1.82) is 5.26 Å². The van der Waals surface area contributed by atoms with Crippen LogP contribution in [0.15, 0.2) is 76.7 Å². The van der Waals surface area contributed by atoms with E-state index in [2.05, 4.69) is 6.07 Å². The molecule has 1 heterocycles. The number of para-hydroxylation sites is 1. The minimum Gasteiger partial charge on any atom is -0.493 e. The molecule has 0 N–H and O–H groups in total. The average molecular weight is 444 g/mol. The number of fused-ring (bicyclic) bond motifs is 1. The number of ether oxygens (including phenoxy) is 2. The fourth-order valence-corrected chi connectivity index (χ4v) is 4.46. The van der Waals surface area contributed by atoms with Crippen LogP contribution in [0.4, 0.5) is 0 Å². The fraction of sp³-hybridized carbons (Fsp3) is 0.160. The molecule has 0 unspecified atom stereocenters. The molecule has 0 saturated heterocycles. The summed E-state index contributed by atoms with van der Waals surface area (Å²) in [6.45, 7) is 0.333. The number of rotatable bonds is 7. The molecule has 0 bridgehead atoms. The van der Waals surface area contributed by atoms with Gasteiger partial charge in [-0.25, -0.2) is 4.98 Å². The predicted octanol–water partition coefficient (Wildman–Crippen LogP) is 4.63. The summed E-state index contributed by atoms with van der Waals surface area (Å²) in [6.07, 6.45) is 0. The second kappa shape index (κ2) is 9.58. The van der Waals surface area contributed by atoms with E-state index >= 15 is 0 Å². The Morgan fingerprint density at radius 1 is 1.00 bits per heavy atom. The largest absolute Gasteiger partial charge is 0.493 e. The second-order valence-corrected chi connectivity index (χ2v) is 7.99. The van der Waals surface area contributed by atoms with Crippen molar-refractivity contribution < 1.29 is 9.47 Å². The van der Waals surface area contributed by atoms with Crippen LogP contribution in [0, 0.1) is 11.3 Å². The van der Waals surface area contributed by atoms with Crippen molar-refractivity contribution in [3.05, 3.63) is 93.8 Å². The van der Waals surface area contributed by atoms with E-state index in [9.17, 15) is 10.1 Å². The van der Waals surface area contributed by atoms with E-state index in [4.69, 9.17) is 14.5 Å². The summed E-state index contributed by atoms with van der Waals surface area (Å²) in [5.74, 6) is 1.76. The van der Waals surface area contributed by atoms with Gasteiger partial charge in [-0.15, -0.1) is 0 Å². The van der Waals surface area contributed by atoms with E-state index in [0.717, 1.165) is 11.1 Å². The summed E-state index contributed by atoms with van der Waals surface area (Å²) in [6, 6.07) is 22.6. The molecule has 3 aromatic carbocycles. The van der Waals surface area contributed by atoms with Crippen LogP contribution >= 0.6 is 11.8 Å². The number of nitrogens with zero attached hydrogens (tertiary/aromatic N) is 3. The van der Waals surface area contributed by atoms with Crippen LogP contribution in [0.5, 0.6) is 11.5 Å². The van der Waals surface area contributed by atoms with E-state index < -0.39 is 0 Å². The Morgan fingerprint density at radius 2 is 1.75 bits per heavy atom. The smallest absolute Gasteiger partial charge is 0.262 e. The molecule has 0 amide bonds. The topological polar surface area (TPSA) is 77.1 Å². The molecule has 0 fully saturated rings. The second-order valence-electron chi connectivity index (χ2n) is 7.05. The summed E-state index contributed by atoms with van der Waals surface area (Å²) in [7, 11) is 3.17. The van der Waals surface area contributed by atoms with E-state index in [1.54, 1.807) is 30.9 Å². The molecule has 1 aromatic heterocycles. The third-order valence-corrected chi connectivity index (χ3v) is 6.14. The van der Waals surface area contributed by atoms with Gasteiger partial charge in [0.2, 0.25) is 0 Å². The highest BCUT2D eigenvalue weighted by molar-refractivity contribution is 7.98. The molecule has 160 valence electrons. The lowest BCUT2D eigenvalue weighted by atomic mass is 10.1. The van der Waals surface area contributed by atoms with Crippen LogP contribution in [0.1, 0.15) is 16.7 Å². The van der Waals surface area contributed by atoms with Crippen molar-refractivity contribution >= 4 is 22.7 Å². The summed E-state index contributed by atoms with van der Waals surface area (Å²) in [4.78, 5) is 18.1. The van der Waals surface area contributed by atoms with Crippen molar-refractivity contribution in [2.45, 2.75) is 17.5 Å². The third kappa shape index (κ3) is 4.32. The average Bonchev–Trinajstić information content (AvgIpc) is 2.84. The van der Waals surface area contributed by atoms with Crippen molar-refractivity contribution in [1.82, 2.24) is 9.55 Å².